The van der Waals surface area contributed by atoms with Gasteiger partial charge in [-0.3, -0.25) is 14.5 Å². The predicted molar refractivity (Wildman–Crippen MR) is 126 cm³/mol. The maximum atomic E-state index is 12.9. The number of esters is 1. The van der Waals surface area contributed by atoms with Crippen molar-refractivity contribution in [3.05, 3.63) is 105 Å². The highest BCUT2D eigenvalue weighted by Crippen LogP contribution is 2.41. The van der Waals surface area contributed by atoms with Gasteiger partial charge < -0.3 is 9.72 Å². The van der Waals surface area contributed by atoms with E-state index in [4.69, 9.17) is 4.74 Å². The van der Waals surface area contributed by atoms with Gasteiger partial charge in [-0.25, -0.2) is 0 Å². The molecule has 1 N–H and O–H groups in total. The van der Waals surface area contributed by atoms with Crippen molar-refractivity contribution < 1.29 is 9.53 Å². The summed E-state index contributed by atoms with van der Waals surface area (Å²) < 4.78 is 5.16. The number of likely N-dealkylation sites (tertiary alicyclic amines) is 1. The van der Waals surface area contributed by atoms with Crippen molar-refractivity contribution >= 4 is 5.97 Å². The number of nitrogens with zero attached hydrogens (tertiary/aromatic N) is 1. The van der Waals surface area contributed by atoms with E-state index in [0.29, 0.717) is 12.2 Å². The molecule has 4 rings (SSSR count). The topological polar surface area (TPSA) is 62.4 Å². The van der Waals surface area contributed by atoms with E-state index in [1.807, 2.05) is 25.1 Å². The number of hydrogen-bond acceptors (Lipinski definition) is 4. The Balaban J connectivity index is 1.72. The zero-order valence-corrected chi connectivity index (χ0v) is 18.7. The standard InChI is InChI=1S/C27H30N2O3/c1-3-32-26(30)15-23-22(14-19(2)28-27(23)31)25-18-29(16-20-10-6-4-7-11-20)17-24(25)21-12-8-5-9-13-21/h4-14,24-25H,3,15-18H2,1-2H3,(H,28,31)/t24-,25+/m1/s1. The van der Waals surface area contributed by atoms with E-state index in [1.165, 1.54) is 11.1 Å². The molecular formula is C27H30N2O3. The molecule has 2 aromatic carbocycles. The zero-order valence-electron chi connectivity index (χ0n) is 18.7. The molecule has 1 aromatic heterocycles. The van der Waals surface area contributed by atoms with Crippen LogP contribution in [0.4, 0.5) is 0 Å². The molecule has 0 unspecified atom stereocenters. The molecule has 0 spiro atoms. The summed E-state index contributed by atoms with van der Waals surface area (Å²) in [6, 6.07) is 23.0. The smallest absolute Gasteiger partial charge is 0.310 e. The number of pyridine rings is 1. The monoisotopic (exact) mass is 430 g/mol. The second kappa shape index (κ2) is 9.96. The zero-order chi connectivity index (χ0) is 22.5. The van der Waals surface area contributed by atoms with Crippen LogP contribution in [-0.4, -0.2) is 35.5 Å². The average Bonchev–Trinajstić information content (AvgIpc) is 3.20. The van der Waals surface area contributed by atoms with Gasteiger partial charge in [-0.05, 0) is 36.6 Å². The van der Waals surface area contributed by atoms with Crippen LogP contribution in [0.15, 0.2) is 71.5 Å². The number of aromatic nitrogens is 1. The van der Waals surface area contributed by atoms with Gasteiger partial charge in [0.15, 0.2) is 0 Å². The summed E-state index contributed by atoms with van der Waals surface area (Å²) >= 11 is 0. The van der Waals surface area contributed by atoms with Crippen molar-refractivity contribution in [3.8, 4) is 0 Å². The Bertz CT molecular complexity index is 1110. The van der Waals surface area contributed by atoms with Gasteiger partial charge in [-0.15, -0.1) is 0 Å². The molecular weight excluding hydrogens is 400 g/mol. The second-order valence-corrected chi connectivity index (χ2v) is 8.50. The summed E-state index contributed by atoms with van der Waals surface area (Å²) in [6.45, 7) is 6.56. The minimum Gasteiger partial charge on any atom is -0.466 e. The number of aryl methyl sites for hydroxylation is 1. The number of ether oxygens (including phenoxy) is 1. The number of aromatic amines is 1. The van der Waals surface area contributed by atoms with Gasteiger partial charge in [0, 0.05) is 42.7 Å². The number of hydrogen-bond donors (Lipinski definition) is 1. The van der Waals surface area contributed by atoms with Gasteiger partial charge >= 0.3 is 5.97 Å². The molecule has 2 heterocycles. The lowest BCUT2D eigenvalue weighted by Gasteiger charge is -2.22. The first kappa shape index (κ1) is 22.0. The molecule has 1 saturated heterocycles. The van der Waals surface area contributed by atoms with E-state index in [0.717, 1.165) is 30.9 Å². The van der Waals surface area contributed by atoms with Crippen LogP contribution >= 0.6 is 0 Å². The third-order valence-electron chi connectivity index (χ3n) is 6.20. The van der Waals surface area contributed by atoms with Crippen molar-refractivity contribution in [1.82, 2.24) is 9.88 Å². The van der Waals surface area contributed by atoms with Gasteiger partial charge in [0.05, 0.1) is 13.0 Å². The van der Waals surface area contributed by atoms with Gasteiger partial charge in [0.1, 0.15) is 0 Å². The van der Waals surface area contributed by atoms with E-state index in [2.05, 4.69) is 58.4 Å². The lowest BCUT2D eigenvalue weighted by molar-refractivity contribution is -0.142. The molecule has 3 aromatic rings. The van der Waals surface area contributed by atoms with Crippen molar-refractivity contribution in [1.29, 1.82) is 0 Å². The Hall–Kier alpha value is -3.18. The molecule has 1 fully saturated rings. The molecule has 0 bridgehead atoms. The van der Waals surface area contributed by atoms with Gasteiger partial charge in [0.25, 0.3) is 5.56 Å². The van der Waals surface area contributed by atoms with E-state index in [-0.39, 0.29) is 29.8 Å². The molecule has 0 aliphatic carbocycles. The third kappa shape index (κ3) is 5.00. The lowest BCUT2D eigenvalue weighted by Crippen LogP contribution is -2.25. The first-order chi connectivity index (χ1) is 15.5. The SMILES string of the molecule is CCOC(=O)Cc1c([C@@H]2CN(Cc3ccccc3)C[C@@H]2c2ccccc2)cc(C)[nH]c1=O. The molecule has 0 saturated carbocycles. The van der Waals surface area contributed by atoms with Crippen LogP contribution in [0.25, 0.3) is 0 Å². The summed E-state index contributed by atoms with van der Waals surface area (Å²) in [5, 5.41) is 0. The molecule has 1 aliphatic heterocycles. The fourth-order valence-corrected chi connectivity index (χ4v) is 4.82. The molecule has 5 nitrogen and oxygen atoms in total. The van der Waals surface area contributed by atoms with E-state index in [9.17, 15) is 9.59 Å². The maximum absolute atomic E-state index is 12.9. The first-order valence-corrected chi connectivity index (χ1v) is 11.2. The summed E-state index contributed by atoms with van der Waals surface area (Å²) in [5.74, 6) is -0.00732. The van der Waals surface area contributed by atoms with Crippen molar-refractivity contribution in [2.24, 2.45) is 0 Å². The largest absolute Gasteiger partial charge is 0.466 e. The normalized spacial score (nSPS) is 18.6. The second-order valence-electron chi connectivity index (χ2n) is 8.50. The summed E-state index contributed by atoms with van der Waals surface area (Å²) in [4.78, 5) is 30.5. The first-order valence-electron chi connectivity index (χ1n) is 11.2. The highest BCUT2D eigenvalue weighted by molar-refractivity contribution is 5.73. The molecule has 32 heavy (non-hydrogen) atoms. The summed E-state index contributed by atoms with van der Waals surface area (Å²) in [6.07, 6.45) is -0.00448. The van der Waals surface area contributed by atoms with E-state index in [1.54, 1.807) is 6.92 Å². The quantitative estimate of drug-likeness (QED) is 0.572. The number of carbonyl (C=O) groups is 1. The third-order valence-corrected chi connectivity index (χ3v) is 6.20. The Morgan fingerprint density at radius 1 is 1.03 bits per heavy atom. The predicted octanol–water partition coefficient (Wildman–Crippen LogP) is 4.17. The Kier molecular flexibility index (Phi) is 6.86. The number of rotatable bonds is 7. The van der Waals surface area contributed by atoms with E-state index < -0.39 is 0 Å². The van der Waals surface area contributed by atoms with Gasteiger partial charge in [-0.1, -0.05) is 60.7 Å². The fourth-order valence-electron chi connectivity index (χ4n) is 4.82. The molecule has 0 radical (unpaired) electrons. The number of carbonyl (C=O) groups excluding carboxylic acids is 1. The average molecular weight is 431 g/mol. The van der Waals surface area contributed by atoms with Crippen molar-refractivity contribution in [2.45, 2.75) is 38.6 Å². The highest BCUT2D eigenvalue weighted by atomic mass is 16.5. The van der Waals surface area contributed by atoms with Crippen LogP contribution in [0.1, 0.15) is 46.7 Å². The van der Waals surface area contributed by atoms with Gasteiger partial charge in [-0.2, -0.15) is 0 Å². The van der Waals surface area contributed by atoms with Gasteiger partial charge in [0.2, 0.25) is 0 Å². The molecule has 166 valence electrons. The highest BCUT2D eigenvalue weighted by Gasteiger charge is 2.36. The van der Waals surface area contributed by atoms with Crippen molar-refractivity contribution in [3.63, 3.8) is 0 Å². The Labute approximate surface area is 189 Å². The number of nitrogens with one attached hydrogen (secondary N) is 1. The maximum Gasteiger partial charge on any atom is 0.310 e. The molecule has 2 atom stereocenters. The summed E-state index contributed by atoms with van der Waals surface area (Å²) in [7, 11) is 0. The molecule has 1 aliphatic rings. The van der Waals surface area contributed by atoms with Crippen LogP contribution in [0.5, 0.6) is 0 Å². The fraction of sp³-hybridized carbons (Fsp3) is 0.333. The number of H-pyrrole nitrogens is 1. The van der Waals surface area contributed by atoms with Crippen molar-refractivity contribution in [2.75, 3.05) is 19.7 Å². The Morgan fingerprint density at radius 2 is 1.69 bits per heavy atom. The lowest BCUT2D eigenvalue weighted by atomic mass is 9.82. The van der Waals surface area contributed by atoms with Crippen LogP contribution in [-0.2, 0) is 22.5 Å². The molecule has 5 heteroatoms. The van der Waals surface area contributed by atoms with Crippen LogP contribution in [0.3, 0.4) is 0 Å². The minimum atomic E-state index is -0.362. The Morgan fingerprint density at radius 3 is 2.38 bits per heavy atom. The number of benzene rings is 2. The van der Waals surface area contributed by atoms with Crippen LogP contribution in [0.2, 0.25) is 0 Å². The van der Waals surface area contributed by atoms with Crippen LogP contribution in [0, 0.1) is 6.92 Å². The molecule has 0 amide bonds. The summed E-state index contributed by atoms with van der Waals surface area (Å²) in [5.41, 5.74) is 4.64. The minimum absolute atomic E-state index is 0.00448. The van der Waals surface area contributed by atoms with Crippen LogP contribution < -0.4 is 5.56 Å². The van der Waals surface area contributed by atoms with E-state index >= 15 is 0 Å².